The largest absolute Gasteiger partial charge is 0.334 e. The van der Waals surface area contributed by atoms with Crippen LogP contribution >= 0.6 is 0 Å². The van der Waals surface area contributed by atoms with Crippen molar-refractivity contribution in [3.05, 3.63) is 24.8 Å². The van der Waals surface area contributed by atoms with E-state index in [9.17, 15) is 14.4 Å². The van der Waals surface area contributed by atoms with Gasteiger partial charge in [-0.3, -0.25) is 19.4 Å². The predicted octanol–water partition coefficient (Wildman–Crippen LogP) is 4.19. The Kier molecular flexibility index (Phi) is 6.97. The van der Waals surface area contributed by atoms with Crippen molar-refractivity contribution in [2.75, 3.05) is 0 Å². The highest BCUT2D eigenvalue weighted by atomic mass is 16.2. The second-order valence-corrected chi connectivity index (χ2v) is 7.23. The summed E-state index contributed by atoms with van der Waals surface area (Å²) in [5, 5.41) is 0. The molecule has 0 aliphatic heterocycles. The first-order chi connectivity index (χ1) is 12.0. The zero-order chi connectivity index (χ0) is 18.4. The van der Waals surface area contributed by atoms with Gasteiger partial charge in [0.15, 0.2) is 0 Å². The first-order valence-electron chi connectivity index (χ1n) is 9.46. The fourth-order valence-electron chi connectivity index (χ4n) is 3.94. The molecule has 5 heteroatoms. The van der Waals surface area contributed by atoms with E-state index in [0.717, 1.165) is 64.2 Å². The standard InChI is InChI=1S/C20H30N2O3/c1-4-18(23)21(16-11-7-5-8-12-16)20(25)22(19(24)15(2)3)17-13-9-6-10-14-17/h4,16-17H,1-2,5-14H2,3H3. The van der Waals surface area contributed by atoms with Gasteiger partial charge in [-0.1, -0.05) is 51.7 Å². The number of carbonyl (C=O) groups excluding carboxylic acids is 3. The van der Waals surface area contributed by atoms with E-state index in [2.05, 4.69) is 13.2 Å². The van der Waals surface area contributed by atoms with Crippen molar-refractivity contribution in [1.29, 1.82) is 0 Å². The Labute approximate surface area is 150 Å². The SMILES string of the molecule is C=CC(=O)N(C(=O)N(C(=O)C(=C)C)C1CCCCC1)C1CCCCC1. The van der Waals surface area contributed by atoms with Crippen LogP contribution in [0, 0.1) is 0 Å². The zero-order valence-electron chi connectivity index (χ0n) is 15.3. The van der Waals surface area contributed by atoms with Crippen molar-refractivity contribution in [3.63, 3.8) is 0 Å². The van der Waals surface area contributed by atoms with Gasteiger partial charge in [-0.15, -0.1) is 0 Å². The van der Waals surface area contributed by atoms with Crippen LogP contribution in [-0.2, 0) is 9.59 Å². The maximum absolute atomic E-state index is 13.3. The van der Waals surface area contributed by atoms with Crippen LogP contribution in [0.4, 0.5) is 4.79 Å². The average molecular weight is 346 g/mol. The minimum atomic E-state index is -0.489. The molecule has 2 saturated carbocycles. The molecule has 0 aromatic carbocycles. The third-order valence-corrected chi connectivity index (χ3v) is 5.29. The number of hydrogen-bond donors (Lipinski definition) is 0. The van der Waals surface area contributed by atoms with Crippen molar-refractivity contribution in [2.45, 2.75) is 83.2 Å². The van der Waals surface area contributed by atoms with Crippen LogP contribution < -0.4 is 0 Å². The van der Waals surface area contributed by atoms with Gasteiger partial charge in [-0.25, -0.2) is 4.79 Å². The van der Waals surface area contributed by atoms with Gasteiger partial charge in [-0.05, 0) is 38.7 Å². The fourth-order valence-corrected chi connectivity index (χ4v) is 3.94. The van der Waals surface area contributed by atoms with E-state index < -0.39 is 11.9 Å². The summed E-state index contributed by atoms with van der Waals surface area (Å²) < 4.78 is 0. The van der Waals surface area contributed by atoms with E-state index in [0.29, 0.717) is 5.57 Å². The lowest BCUT2D eigenvalue weighted by molar-refractivity contribution is -0.130. The Hall–Kier alpha value is -1.91. The van der Waals surface area contributed by atoms with Crippen molar-refractivity contribution < 1.29 is 14.4 Å². The quantitative estimate of drug-likeness (QED) is 0.717. The Bertz CT molecular complexity index is 543. The van der Waals surface area contributed by atoms with Gasteiger partial charge in [0.05, 0.1) is 0 Å². The minimum absolute atomic E-state index is 0.143. The second kappa shape index (κ2) is 8.97. The molecule has 0 aromatic rings. The van der Waals surface area contributed by atoms with Crippen LogP contribution in [0.5, 0.6) is 0 Å². The van der Waals surface area contributed by atoms with Gasteiger partial charge < -0.3 is 0 Å². The Morgan fingerprint density at radius 2 is 1.28 bits per heavy atom. The van der Waals surface area contributed by atoms with Crippen molar-refractivity contribution in [3.8, 4) is 0 Å². The van der Waals surface area contributed by atoms with Crippen LogP contribution in [-0.4, -0.2) is 39.7 Å². The van der Waals surface area contributed by atoms with Gasteiger partial charge in [0.1, 0.15) is 0 Å². The molecule has 0 bridgehead atoms. The monoisotopic (exact) mass is 346 g/mol. The van der Waals surface area contributed by atoms with Crippen molar-refractivity contribution in [1.82, 2.24) is 9.80 Å². The third kappa shape index (κ3) is 4.59. The minimum Gasteiger partial charge on any atom is -0.269 e. The van der Waals surface area contributed by atoms with Gasteiger partial charge >= 0.3 is 6.03 Å². The molecule has 2 aliphatic rings. The highest BCUT2D eigenvalue weighted by Gasteiger charge is 2.38. The number of nitrogens with zero attached hydrogens (tertiary/aromatic N) is 2. The number of imide groups is 2. The lowest BCUT2D eigenvalue weighted by Gasteiger charge is -2.39. The summed E-state index contributed by atoms with van der Waals surface area (Å²) in [6.45, 7) is 8.89. The molecule has 0 saturated heterocycles. The number of hydrogen-bond acceptors (Lipinski definition) is 3. The van der Waals surface area contributed by atoms with Crippen molar-refractivity contribution in [2.24, 2.45) is 0 Å². The van der Waals surface area contributed by atoms with Gasteiger partial charge in [0.2, 0.25) is 0 Å². The molecule has 138 valence electrons. The highest BCUT2D eigenvalue weighted by molar-refractivity contribution is 6.09. The van der Waals surface area contributed by atoms with Crippen LogP contribution in [0.1, 0.15) is 71.1 Å². The van der Waals surface area contributed by atoms with Gasteiger partial charge in [0, 0.05) is 17.7 Å². The molecular formula is C20H30N2O3. The molecule has 2 aliphatic carbocycles. The summed E-state index contributed by atoms with van der Waals surface area (Å²) in [4.78, 5) is 41.1. The Balaban J connectivity index is 2.31. The smallest absolute Gasteiger partial charge is 0.269 e. The van der Waals surface area contributed by atoms with E-state index in [4.69, 9.17) is 0 Å². The molecule has 0 atom stereocenters. The summed E-state index contributed by atoms with van der Waals surface area (Å²) in [7, 11) is 0. The second-order valence-electron chi connectivity index (χ2n) is 7.23. The van der Waals surface area contributed by atoms with E-state index in [1.807, 2.05) is 0 Å². The predicted molar refractivity (Wildman–Crippen MR) is 97.8 cm³/mol. The van der Waals surface area contributed by atoms with E-state index in [1.165, 1.54) is 15.9 Å². The lowest BCUT2D eigenvalue weighted by atomic mass is 9.92. The molecule has 0 spiro atoms. The van der Waals surface area contributed by atoms with E-state index >= 15 is 0 Å². The molecule has 25 heavy (non-hydrogen) atoms. The molecule has 4 amide bonds. The molecular weight excluding hydrogens is 316 g/mol. The number of rotatable bonds is 4. The highest BCUT2D eigenvalue weighted by Crippen LogP contribution is 2.28. The molecule has 0 unspecified atom stereocenters. The van der Waals surface area contributed by atoms with Gasteiger partial charge in [-0.2, -0.15) is 0 Å². The number of urea groups is 1. The third-order valence-electron chi connectivity index (χ3n) is 5.29. The summed E-state index contributed by atoms with van der Waals surface area (Å²) in [5.41, 5.74) is 0.327. The Morgan fingerprint density at radius 1 is 0.840 bits per heavy atom. The topological polar surface area (TPSA) is 57.7 Å². The first kappa shape index (κ1) is 19.4. The van der Waals surface area contributed by atoms with Crippen LogP contribution in [0.3, 0.4) is 0 Å². The first-order valence-corrected chi connectivity index (χ1v) is 9.46. The normalized spacial score (nSPS) is 19.1. The van der Waals surface area contributed by atoms with Crippen LogP contribution in [0.15, 0.2) is 24.8 Å². The summed E-state index contributed by atoms with van der Waals surface area (Å²) in [6.07, 6.45) is 10.6. The van der Waals surface area contributed by atoms with Crippen molar-refractivity contribution >= 4 is 17.8 Å². The molecule has 0 aromatic heterocycles. The summed E-state index contributed by atoms with van der Waals surface area (Å²) >= 11 is 0. The maximum atomic E-state index is 13.3. The number of carbonyl (C=O) groups is 3. The molecule has 5 nitrogen and oxygen atoms in total. The molecule has 0 N–H and O–H groups in total. The molecule has 0 radical (unpaired) electrons. The Morgan fingerprint density at radius 3 is 1.68 bits per heavy atom. The van der Waals surface area contributed by atoms with Crippen LogP contribution in [0.2, 0.25) is 0 Å². The van der Waals surface area contributed by atoms with Gasteiger partial charge in [0.25, 0.3) is 11.8 Å². The zero-order valence-corrected chi connectivity index (χ0v) is 15.3. The molecule has 2 fully saturated rings. The molecule has 0 heterocycles. The lowest BCUT2D eigenvalue weighted by Crippen LogP contribution is -2.56. The maximum Gasteiger partial charge on any atom is 0.334 e. The van der Waals surface area contributed by atoms with Crippen LogP contribution in [0.25, 0.3) is 0 Å². The summed E-state index contributed by atoms with van der Waals surface area (Å²) in [5.74, 6) is -0.776. The van der Waals surface area contributed by atoms with E-state index in [-0.39, 0.29) is 18.0 Å². The molecule has 2 rings (SSSR count). The fraction of sp³-hybridized carbons (Fsp3) is 0.650. The van der Waals surface area contributed by atoms with E-state index in [1.54, 1.807) is 6.92 Å². The average Bonchev–Trinajstić information content (AvgIpc) is 2.63. The number of amides is 4. The summed E-state index contributed by atoms with van der Waals surface area (Å²) in [6, 6.07) is -0.776.